The highest BCUT2D eigenvalue weighted by Gasteiger charge is 2.15. The van der Waals surface area contributed by atoms with E-state index in [1.165, 1.54) is 0 Å². The molecular formula is C10H15NO3. The van der Waals surface area contributed by atoms with Crippen molar-refractivity contribution in [3.05, 3.63) is 24.0 Å². The Kier molecular flexibility index (Phi) is 3.71. The maximum atomic E-state index is 10.8. The average Bonchev–Trinajstić information content (AvgIpc) is 2.62. The summed E-state index contributed by atoms with van der Waals surface area (Å²) < 4.78 is 6.78. The lowest BCUT2D eigenvalue weighted by molar-refractivity contribution is 0.0676. The van der Waals surface area contributed by atoms with Gasteiger partial charge >= 0.3 is 5.97 Å². The molecule has 0 fully saturated rings. The molecule has 0 aliphatic heterocycles. The van der Waals surface area contributed by atoms with Gasteiger partial charge in [-0.25, -0.2) is 4.79 Å². The molecule has 0 spiro atoms. The van der Waals surface area contributed by atoms with E-state index in [-0.39, 0.29) is 6.04 Å². The number of nitrogens with zero attached hydrogens (tertiary/aromatic N) is 1. The molecule has 0 saturated carbocycles. The summed E-state index contributed by atoms with van der Waals surface area (Å²) in [6.07, 6.45) is 2.62. The first-order chi connectivity index (χ1) is 6.70. The predicted molar refractivity (Wildman–Crippen MR) is 52.6 cm³/mol. The van der Waals surface area contributed by atoms with Crippen LogP contribution in [-0.2, 0) is 4.74 Å². The molecule has 1 N–H and O–H groups in total. The van der Waals surface area contributed by atoms with Gasteiger partial charge in [0.25, 0.3) is 0 Å². The van der Waals surface area contributed by atoms with Crippen molar-refractivity contribution in [1.82, 2.24) is 4.57 Å². The Bertz CT molecular complexity index is 306. The number of rotatable bonds is 5. The summed E-state index contributed by atoms with van der Waals surface area (Å²) in [6, 6.07) is 3.43. The first kappa shape index (κ1) is 10.8. The van der Waals surface area contributed by atoms with Gasteiger partial charge in [-0.05, 0) is 18.6 Å². The van der Waals surface area contributed by atoms with Crippen molar-refractivity contribution >= 4 is 5.97 Å². The van der Waals surface area contributed by atoms with Gasteiger partial charge in [-0.1, -0.05) is 6.92 Å². The van der Waals surface area contributed by atoms with Crippen molar-refractivity contribution in [2.45, 2.75) is 19.4 Å². The molecule has 1 heterocycles. The standard InChI is InChI=1S/C10H15NO3/c1-3-8(7-14-2)11-6-4-5-9(11)10(12)13/h4-6,8H,3,7H2,1-2H3,(H,12,13). The minimum absolute atomic E-state index is 0.0982. The summed E-state index contributed by atoms with van der Waals surface area (Å²) in [5.74, 6) is -0.899. The minimum atomic E-state index is -0.899. The topological polar surface area (TPSA) is 51.5 Å². The van der Waals surface area contributed by atoms with E-state index in [2.05, 4.69) is 0 Å². The highest BCUT2D eigenvalue weighted by atomic mass is 16.5. The minimum Gasteiger partial charge on any atom is -0.477 e. The lowest BCUT2D eigenvalue weighted by Gasteiger charge is -2.17. The molecule has 1 aromatic heterocycles. The van der Waals surface area contributed by atoms with E-state index in [9.17, 15) is 4.79 Å². The van der Waals surface area contributed by atoms with Gasteiger partial charge in [0.2, 0.25) is 0 Å². The zero-order valence-corrected chi connectivity index (χ0v) is 8.43. The van der Waals surface area contributed by atoms with Crippen molar-refractivity contribution in [2.24, 2.45) is 0 Å². The Balaban J connectivity index is 2.91. The molecule has 0 aliphatic carbocycles. The summed E-state index contributed by atoms with van der Waals surface area (Å²) in [7, 11) is 1.62. The zero-order valence-electron chi connectivity index (χ0n) is 8.43. The summed E-state index contributed by atoms with van der Waals surface area (Å²) in [5, 5.41) is 8.91. The van der Waals surface area contributed by atoms with Crippen molar-refractivity contribution in [1.29, 1.82) is 0 Å². The monoisotopic (exact) mass is 197 g/mol. The molecule has 1 atom stereocenters. The molecule has 4 nitrogen and oxygen atoms in total. The van der Waals surface area contributed by atoms with E-state index in [4.69, 9.17) is 9.84 Å². The Morgan fingerprint density at radius 3 is 2.93 bits per heavy atom. The number of aromatic nitrogens is 1. The molecule has 78 valence electrons. The number of methoxy groups -OCH3 is 1. The Morgan fingerprint density at radius 1 is 1.71 bits per heavy atom. The quantitative estimate of drug-likeness (QED) is 0.782. The molecule has 1 rings (SSSR count). The van der Waals surface area contributed by atoms with Crippen LogP contribution < -0.4 is 0 Å². The smallest absolute Gasteiger partial charge is 0.352 e. The molecule has 1 aromatic rings. The summed E-state index contributed by atoms with van der Waals surface area (Å²) in [4.78, 5) is 10.8. The number of aromatic carboxylic acids is 1. The number of hydrogen-bond acceptors (Lipinski definition) is 2. The molecular weight excluding hydrogens is 182 g/mol. The van der Waals surface area contributed by atoms with Crippen LogP contribution in [0.3, 0.4) is 0 Å². The van der Waals surface area contributed by atoms with Crippen LogP contribution in [0.4, 0.5) is 0 Å². The molecule has 14 heavy (non-hydrogen) atoms. The average molecular weight is 197 g/mol. The van der Waals surface area contributed by atoms with Crippen LogP contribution in [-0.4, -0.2) is 29.4 Å². The second-order valence-electron chi connectivity index (χ2n) is 3.12. The van der Waals surface area contributed by atoms with E-state index < -0.39 is 5.97 Å². The summed E-state index contributed by atoms with van der Waals surface area (Å²) >= 11 is 0. The lowest BCUT2D eigenvalue weighted by Crippen LogP contribution is -2.17. The first-order valence-corrected chi connectivity index (χ1v) is 4.59. The highest BCUT2D eigenvalue weighted by molar-refractivity contribution is 5.85. The van der Waals surface area contributed by atoms with Gasteiger partial charge in [-0.2, -0.15) is 0 Å². The van der Waals surface area contributed by atoms with Gasteiger partial charge in [0, 0.05) is 13.3 Å². The predicted octanol–water partition coefficient (Wildman–Crippen LogP) is 1.78. The zero-order chi connectivity index (χ0) is 10.6. The molecule has 0 aliphatic rings. The third-order valence-electron chi connectivity index (χ3n) is 2.22. The molecule has 1 unspecified atom stereocenters. The fourth-order valence-electron chi connectivity index (χ4n) is 1.48. The molecule has 0 aromatic carbocycles. The fraction of sp³-hybridized carbons (Fsp3) is 0.500. The van der Waals surface area contributed by atoms with Crippen LogP contribution in [0.1, 0.15) is 29.9 Å². The van der Waals surface area contributed by atoms with Crippen LogP contribution in [0.15, 0.2) is 18.3 Å². The SMILES string of the molecule is CCC(COC)n1cccc1C(=O)O. The van der Waals surface area contributed by atoms with Crippen molar-refractivity contribution in [2.75, 3.05) is 13.7 Å². The number of carboxylic acid groups (broad SMARTS) is 1. The largest absolute Gasteiger partial charge is 0.477 e. The molecule has 0 radical (unpaired) electrons. The van der Waals surface area contributed by atoms with Crippen LogP contribution in [0, 0.1) is 0 Å². The van der Waals surface area contributed by atoms with Crippen molar-refractivity contribution in [3.63, 3.8) is 0 Å². The molecule has 0 amide bonds. The lowest BCUT2D eigenvalue weighted by atomic mass is 10.2. The second-order valence-corrected chi connectivity index (χ2v) is 3.12. The van der Waals surface area contributed by atoms with Gasteiger partial charge in [-0.3, -0.25) is 0 Å². The van der Waals surface area contributed by atoms with E-state index in [0.717, 1.165) is 6.42 Å². The van der Waals surface area contributed by atoms with Gasteiger partial charge < -0.3 is 14.4 Å². The molecule has 0 bridgehead atoms. The van der Waals surface area contributed by atoms with Crippen LogP contribution in [0.25, 0.3) is 0 Å². The number of carbonyl (C=O) groups is 1. The second kappa shape index (κ2) is 4.81. The summed E-state index contributed by atoms with van der Waals surface area (Å²) in [5.41, 5.74) is 0.314. The van der Waals surface area contributed by atoms with E-state index in [0.29, 0.717) is 12.3 Å². The number of ether oxygens (including phenoxy) is 1. The molecule has 0 saturated heterocycles. The maximum absolute atomic E-state index is 10.8. The van der Waals surface area contributed by atoms with Crippen molar-refractivity contribution in [3.8, 4) is 0 Å². The summed E-state index contributed by atoms with van der Waals surface area (Å²) in [6.45, 7) is 2.54. The number of hydrogen-bond donors (Lipinski definition) is 1. The van der Waals surface area contributed by atoms with Gasteiger partial charge in [0.1, 0.15) is 5.69 Å². The fourth-order valence-corrected chi connectivity index (χ4v) is 1.48. The first-order valence-electron chi connectivity index (χ1n) is 4.59. The Morgan fingerprint density at radius 2 is 2.43 bits per heavy atom. The maximum Gasteiger partial charge on any atom is 0.352 e. The molecule has 4 heteroatoms. The van der Waals surface area contributed by atoms with Crippen LogP contribution in [0.2, 0.25) is 0 Å². The van der Waals surface area contributed by atoms with E-state index in [1.807, 2.05) is 6.92 Å². The van der Waals surface area contributed by atoms with E-state index in [1.54, 1.807) is 30.0 Å². The van der Waals surface area contributed by atoms with Gasteiger partial charge in [0.05, 0.1) is 12.6 Å². The normalized spacial score (nSPS) is 12.7. The van der Waals surface area contributed by atoms with E-state index >= 15 is 0 Å². The third kappa shape index (κ3) is 2.14. The van der Waals surface area contributed by atoms with Crippen molar-refractivity contribution < 1.29 is 14.6 Å². The van der Waals surface area contributed by atoms with Gasteiger partial charge in [0.15, 0.2) is 0 Å². The van der Waals surface area contributed by atoms with Gasteiger partial charge in [-0.15, -0.1) is 0 Å². The number of carboxylic acids is 1. The highest BCUT2D eigenvalue weighted by Crippen LogP contribution is 2.15. The van der Waals surface area contributed by atoms with Crippen LogP contribution >= 0.6 is 0 Å². The third-order valence-corrected chi connectivity index (χ3v) is 2.22. The Hall–Kier alpha value is -1.29. The van der Waals surface area contributed by atoms with Crippen LogP contribution in [0.5, 0.6) is 0 Å². The Labute approximate surface area is 83.1 Å².